The third kappa shape index (κ3) is 5.22. The van der Waals surface area contributed by atoms with Crippen molar-refractivity contribution in [2.75, 3.05) is 0 Å². The number of nitrogens with two attached hydrogens (primary N) is 1. The molecule has 0 saturated heterocycles. The molecule has 0 aliphatic heterocycles. The summed E-state index contributed by atoms with van der Waals surface area (Å²) in [5, 5.41) is 19.5. The number of aromatic amines is 1. The average Bonchev–Trinajstić information content (AvgIpc) is 3.01. The van der Waals surface area contributed by atoms with Crippen LogP contribution in [0.5, 0.6) is 11.5 Å². The van der Waals surface area contributed by atoms with Gasteiger partial charge in [0, 0.05) is 6.07 Å². The van der Waals surface area contributed by atoms with E-state index in [-0.39, 0.29) is 11.5 Å². The minimum Gasteiger partial charge on any atom is -0.508 e. The van der Waals surface area contributed by atoms with E-state index in [1.807, 2.05) is 13.8 Å². The highest BCUT2D eigenvalue weighted by atomic mass is 19.4. The number of hydrazine groups is 1. The van der Waals surface area contributed by atoms with Gasteiger partial charge < -0.3 is 10.2 Å². The number of nitrogens with one attached hydrogen (secondary N) is 2. The lowest BCUT2D eigenvalue weighted by Gasteiger charge is -2.11. The fourth-order valence-electron chi connectivity index (χ4n) is 2.69. The fourth-order valence-corrected chi connectivity index (χ4v) is 2.69. The molecule has 1 atom stereocenters. The first-order valence-electron chi connectivity index (χ1n) is 8.89. The van der Waals surface area contributed by atoms with Crippen LogP contribution in [0.2, 0.25) is 0 Å². The second-order valence-electron chi connectivity index (χ2n) is 6.72. The third-order valence-corrected chi connectivity index (χ3v) is 4.47. The predicted molar refractivity (Wildman–Crippen MR) is 106 cm³/mol. The Morgan fingerprint density at radius 2 is 1.67 bits per heavy atom. The van der Waals surface area contributed by atoms with Gasteiger partial charge in [-0.3, -0.25) is 21.2 Å². The molecule has 1 unspecified atom stereocenters. The van der Waals surface area contributed by atoms with Gasteiger partial charge in [0.05, 0.1) is 17.3 Å². The molecule has 30 heavy (non-hydrogen) atoms. The van der Waals surface area contributed by atoms with E-state index >= 15 is 0 Å². The number of aromatic hydroxyl groups is 2. The minimum atomic E-state index is -4.68. The lowest BCUT2D eigenvalue weighted by molar-refractivity contribution is -0.142. The van der Waals surface area contributed by atoms with Crippen molar-refractivity contribution in [2.24, 2.45) is 5.84 Å². The molecule has 0 fully saturated rings. The standard InChI is InChI=1S/C14H17F3N4O.C6H6O2/c1-7-4-5-10(6-8(7)2)21-13(22)11(9(3)19-18)12(20-21)14(15,16)17;7-5-2-1-3-6(8)4-5/h4-6,9,19-20H,18H2,1-3H3;1-4,7-8H. The highest BCUT2D eigenvalue weighted by Gasteiger charge is 2.39. The largest absolute Gasteiger partial charge is 0.508 e. The molecule has 1 heterocycles. The summed E-state index contributed by atoms with van der Waals surface area (Å²) in [4.78, 5) is 12.4. The van der Waals surface area contributed by atoms with Crippen molar-refractivity contribution in [3.05, 3.63) is 75.2 Å². The number of halogens is 3. The number of benzene rings is 2. The van der Waals surface area contributed by atoms with E-state index in [2.05, 4.69) is 10.5 Å². The van der Waals surface area contributed by atoms with Gasteiger partial charge in [0.2, 0.25) is 0 Å². The highest BCUT2D eigenvalue weighted by Crippen LogP contribution is 2.32. The second kappa shape index (κ2) is 9.06. The van der Waals surface area contributed by atoms with Gasteiger partial charge in [-0.25, -0.2) is 4.68 Å². The van der Waals surface area contributed by atoms with Gasteiger partial charge in [0.25, 0.3) is 5.56 Å². The Morgan fingerprint density at radius 3 is 2.10 bits per heavy atom. The van der Waals surface area contributed by atoms with Gasteiger partial charge in [0.1, 0.15) is 17.2 Å². The SMILES string of the molecule is Cc1ccc(-n2[nH]c(C(F)(F)F)c(C(C)NN)c2=O)cc1C.Oc1cccc(O)c1. The summed E-state index contributed by atoms with van der Waals surface area (Å²) >= 11 is 0. The van der Waals surface area contributed by atoms with Crippen LogP contribution < -0.4 is 16.8 Å². The number of phenols is 2. The maximum Gasteiger partial charge on any atom is 0.433 e. The Bertz CT molecular complexity index is 1060. The molecule has 3 rings (SSSR count). The fraction of sp³-hybridized carbons (Fsp3) is 0.250. The topological polar surface area (TPSA) is 116 Å². The Hall–Kier alpha value is -3.24. The van der Waals surface area contributed by atoms with E-state index in [9.17, 15) is 18.0 Å². The molecule has 6 N–H and O–H groups in total. The maximum absolute atomic E-state index is 13.1. The zero-order valence-electron chi connectivity index (χ0n) is 16.6. The quantitative estimate of drug-likeness (QED) is 0.326. The molecule has 162 valence electrons. The lowest BCUT2D eigenvalue weighted by Crippen LogP contribution is -2.31. The maximum atomic E-state index is 13.1. The summed E-state index contributed by atoms with van der Waals surface area (Å²) in [6, 6.07) is 9.90. The Balaban J connectivity index is 0.000000335. The van der Waals surface area contributed by atoms with E-state index in [0.29, 0.717) is 5.69 Å². The average molecular weight is 424 g/mol. The molecule has 0 spiro atoms. The highest BCUT2D eigenvalue weighted by molar-refractivity contribution is 5.40. The number of alkyl halides is 3. The minimum absolute atomic E-state index is 0.0880. The Morgan fingerprint density at radius 1 is 1.07 bits per heavy atom. The van der Waals surface area contributed by atoms with Crippen LogP contribution in [-0.2, 0) is 6.18 Å². The van der Waals surface area contributed by atoms with Gasteiger partial charge in [-0.05, 0) is 56.2 Å². The molecule has 1 aromatic heterocycles. The number of phenolic OH excluding ortho intramolecular Hbond substituents is 2. The number of rotatable bonds is 3. The summed E-state index contributed by atoms with van der Waals surface area (Å²) in [5.74, 6) is 5.37. The van der Waals surface area contributed by atoms with Gasteiger partial charge in [-0.1, -0.05) is 12.1 Å². The van der Waals surface area contributed by atoms with E-state index in [4.69, 9.17) is 16.1 Å². The van der Waals surface area contributed by atoms with Gasteiger partial charge in [-0.2, -0.15) is 13.2 Å². The number of H-pyrrole nitrogens is 1. The monoisotopic (exact) mass is 424 g/mol. The molecular weight excluding hydrogens is 401 g/mol. The van der Waals surface area contributed by atoms with Gasteiger partial charge in [-0.15, -0.1) is 0 Å². The van der Waals surface area contributed by atoms with Crippen molar-refractivity contribution >= 4 is 0 Å². The lowest BCUT2D eigenvalue weighted by atomic mass is 10.1. The zero-order chi connectivity index (χ0) is 22.6. The van der Waals surface area contributed by atoms with Crippen LogP contribution in [0.1, 0.15) is 35.3 Å². The van der Waals surface area contributed by atoms with Crippen LogP contribution >= 0.6 is 0 Å². The molecule has 0 saturated carbocycles. The Kier molecular flexibility index (Phi) is 6.96. The summed E-state index contributed by atoms with van der Waals surface area (Å²) in [6.45, 7) is 5.09. The van der Waals surface area contributed by atoms with E-state index in [1.54, 1.807) is 24.3 Å². The van der Waals surface area contributed by atoms with Crippen molar-refractivity contribution in [3.63, 3.8) is 0 Å². The molecule has 0 bridgehead atoms. The van der Waals surface area contributed by atoms with Crippen molar-refractivity contribution in [3.8, 4) is 17.2 Å². The number of hydrogen-bond acceptors (Lipinski definition) is 5. The molecule has 2 aromatic carbocycles. The molecule has 7 nitrogen and oxygen atoms in total. The second-order valence-corrected chi connectivity index (χ2v) is 6.72. The van der Waals surface area contributed by atoms with Crippen molar-refractivity contribution in [2.45, 2.75) is 33.0 Å². The number of hydrogen-bond donors (Lipinski definition) is 5. The van der Waals surface area contributed by atoms with Crippen molar-refractivity contribution in [1.29, 1.82) is 0 Å². The van der Waals surface area contributed by atoms with Crippen LogP contribution in [0.25, 0.3) is 5.69 Å². The molecule has 0 aliphatic rings. The number of aryl methyl sites for hydroxylation is 2. The van der Waals surface area contributed by atoms with E-state index in [1.165, 1.54) is 25.1 Å². The Labute approximate surface area is 170 Å². The van der Waals surface area contributed by atoms with Gasteiger partial charge in [0.15, 0.2) is 0 Å². The van der Waals surface area contributed by atoms with Crippen LogP contribution in [0.4, 0.5) is 13.2 Å². The van der Waals surface area contributed by atoms with Crippen LogP contribution in [0, 0.1) is 13.8 Å². The molecular formula is C20H23F3N4O3. The summed E-state index contributed by atoms with van der Waals surface area (Å²) in [5.41, 5.74) is 2.08. The number of nitrogens with zero attached hydrogens (tertiary/aromatic N) is 1. The molecule has 0 aliphatic carbocycles. The summed E-state index contributed by atoms with van der Waals surface area (Å²) in [7, 11) is 0. The smallest absolute Gasteiger partial charge is 0.433 e. The first-order valence-corrected chi connectivity index (χ1v) is 8.89. The van der Waals surface area contributed by atoms with Crippen molar-refractivity contribution < 1.29 is 23.4 Å². The first-order chi connectivity index (χ1) is 14.0. The predicted octanol–water partition coefficient (Wildman–Crippen LogP) is 3.42. The van der Waals surface area contributed by atoms with Crippen LogP contribution in [-0.4, -0.2) is 20.0 Å². The molecule has 0 amide bonds. The zero-order valence-corrected chi connectivity index (χ0v) is 16.6. The van der Waals surface area contributed by atoms with E-state index in [0.717, 1.165) is 15.8 Å². The van der Waals surface area contributed by atoms with Crippen molar-refractivity contribution in [1.82, 2.24) is 15.2 Å². The summed E-state index contributed by atoms with van der Waals surface area (Å²) < 4.78 is 40.3. The first kappa shape index (κ1) is 23.0. The molecule has 0 radical (unpaired) electrons. The van der Waals surface area contributed by atoms with Crippen LogP contribution in [0.15, 0.2) is 47.3 Å². The number of aromatic nitrogens is 2. The molecule has 3 aromatic rings. The summed E-state index contributed by atoms with van der Waals surface area (Å²) in [6.07, 6.45) is -4.68. The van der Waals surface area contributed by atoms with Crippen LogP contribution in [0.3, 0.4) is 0 Å². The normalized spacial score (nSPS) is 12.2. The van der Waals surface area contributed by atoms with Gasteiger partial charge >= 0.3 is 6.18 Å². The third-order valence-electron chi connectivity index (χ3n) is 4.47. The molecule has 10 heteroatoms. The van der Waals surface area contributed by atoms with E-state index < -0.39 is 29.0 Å².